The molecule has 1 unspecified atom stereocenters. The first-order chi connectivity index (χ1) is 19.2. The second-order valence-corrected chi connectivity index (χ2v) is 13.7. The molecule has 40 heavy (non-hydrogen) atoms. The number of imide groups is 1. The lowest BCUT2D eigenvalue weighted by Gasteiger charge is -2.36. The maximum atomic E-state index is 13.9. The van der Waals surface area contributed by atoms with Crippen molar-refractivity contribution < 1.29 is 18.0 Å². The highest BCUT2D eigenvalue weighted by Gasteiger charge is 2.49. The van der Waals surface area contributed by atoms with Crippen LogP contribution < -0.4 is 4.90 Å². The SMILES string of the molecule is Cc1ccc2nc(-c3ccc(N4C(=O)CC(N(C5CCCCC5)S(=O)(=O)c5ccc(Cl)cc5)C4=O)cc3)sc2c1. The van der Waals surface area contributed by atoms with E-state index in [0.29, 0.717) is 23.6 Å². The summed E-state index contributed by atoms with van der Waals surface area (Å²) in [6.45, 7) is 2.04. The normalized spacial score (nSPS) is 18.8. The summed E-state index contributed by atoms with van der Waals surface area (Å²) in [5.74, 6) is -0.929. The van der Waals surface area contributed by atoms with Gasteiger partial charge in [-0.15, -0.1) is 11.3 Å². The molecule has 0 bridgehead atoms. The third-order valence-electron chi connectivity index (χ3n) is 7.67. The zero-order chi connectivity index (χ0) is 28.0. The van der Waals surface area contributed by atoms with Crippen LogP contribution in [0.3, 0.4) is 0 Å². The van der Waals surface area contributed by atoms with Crippen LogP contribution in [0.25, 0.3) is 20.8 Å². The Labute approximate surface area is 242 Å². The van der Waals surface area contributed by atoms with Gasteiger partial charge < -0.3 is 0 Å². The van der Waals surface area contributed by atoms with E-state index in [0.717, 1.165) is 45.0 Å². The van der Waals surface area contributed by atoms with Crippen molar-refractivity contribution in [3.05, 3.63) is 77.3 Å². The molecule has 206 valence electrons. The van der Waals surface area contributed by atoms with Gasteiger partial charge in [0, 0.05) is 16.6 Å². The lowest BCUT2D eigenvalue weighted by atomic mass is 9.94. The highest BCUT2D eigenvalue weighted by molar-refractivity contribution is 7.89. The Morgan fingerprint density at radius 1 is 0.950 bits per heavy atom. The van der Waals surface area contributed by atoms with Crippen molar-refractivity contribution in [2.45, 2.75) is 62.4 Å². The number of carbonyl (C=O) groups is 2. The number of nitrogens with zero attached hydrogens (tertiary/aromatic N) is 3. The van der Waals surface area contributed by atoms with Crippen molar-refractivity contribution in [3.63, 3.8) is 0 Å². The first-order valence-electron chi connectivity index (χ1n) is 13.4. The summed E-state index contributed by atoms with van der Waals surface area (Å²) >= 11 is 7.59. The van der Waals surface area contributed by atoms with Crippen LogP contribution in [0.2, 0.25) is 5.02 Å². The van der Waals surface area contributed by atoms with Crippen LogP contribution in [0.5, 0.6) is 0 Å². The quantitative estimate of drug-likeness (QED) is 0.236. The number of aryl methyl sites for hydroxylation is 1. The Bertz CT molecular complexity index is 1700. The number of carbonyl (C=O) groups excluding carboxylic acids is 2. The highest BCUT2D eigenvalue weighted by Crippen LogP contribution is 2.37. The molecule has 2 heterocycles. The van der Waals surface area contributed by atoms with Crippen LogP contribution in [0, 0.1) is 6.92 Å². The van der Waals surface area contributed by atoms with Crippen molar-refractivity contribution in [1.82, 2.24) is 9.29 Å². The summed E-state index contributed by atoms with van der Waals surface area (Å²) in [5.41, 5.74) is 3.39. The average Bonchev–Trinajstić information content (AvgIpc) is 3.49. The van der Waals surface area contributed by atoms with Crippen LogP contribution in [0.15, 0.2) is 71.6 Å². The molecule has 10 heteroatoms. The third-order valence-corrected chi connectivity index (χ3v) is 11.0. The van der Waals surface area contributed by atoms with Gasteiger partial charge in [-0.1, -0.05) is 36.9 Å². The predicted octanol–water partition coefficient (Wildman–Crippen LogP) is 6.58. The van der Waals surface area contributed by atoms with Crippen molar-refractivity contribution in [2.75, 3.05) is 4.90 Å². The number of anilines is 1. The number of thiazole rings is 1. The van der Waals surface area contributed by atoms with Gasteiger partial charge in [-0.25, -0.2) is 18.3 Å². The number of sulfonamides is 1. The Hall–Kier alpha value is -3.11. The lowest BCUT2D eigenvalue weighted by molar-refractivity contribution is -0.122. The summed E-state index contributed by atoms with van der Waals surface area (Å²) in [6.07, 6.45) is 3.89. The van der Waals surface area contributed by atoms with E-state index in [-0.39, 0.29) is 17.4 Å². The fourth-order valence-corrected chi connectivity index (χ4v) is 8.70. The van der Waals surface area contributed by atoms with Gasteiger partial charge in [-0.3, -0.25) is 9.59 Å². The number of hydrogen-bond acceptors (Lipinski definition) is 6. The molecule has 1 atom stereocenters. The van der Waals surface area contributed by atoms with Gasteiger partial charge in [-0.2, -0.15) is 4.31 Å². The second kappa shape index (κ2) is 10.7. The molecule has 6 rings (SSSR count). The molecule has 1 aliphatic carbocycles. The molecule has 2 amide bonds. The predicted molar refractivity (Wildman–Crippen MR) is 158 cm³/mol. The van der Waals surface area contributed by atoms with Crippen LogP contribution >= 0.6 is 22.9 Å². The van der Waals surface area contributed by atoms with E-state index in [1.165, 1.54) is 34.1 Å². The van der Waals surface area contributed by atoms with Gasteiger partial charge in [0.15, 0.2) is 0 Å². The van der Waals surface area contributed by atoms with E-state index in [9.17, 15) is 18.0 Å². The number of amides is 2. The minimum atomic E-state index is -4.05. The zero-order valence-electron chi connectivity index (χ0n) is 21.9. The standard InChI is InChI=1S/C30H28ClN3O4S2/c1-19-7-16-25-27(17-19)39-29(32-25)20-8-12-22(13-9-20)33-28(35)18-26(30(33)36)34(23-5-3-2-4-6-23)40(37,38)24-14-10-21(31)11-15-24/h7-17,23,26H,2-6,18H2,1H3. The molecule has 0 spiro atoms. The molecule has 0 N–H and O–H groups in total. The summed E-state index contributed by atoms with van der Waals surface area (Å²) in [6, 6.07) is 17.8. The Morgan fingerprint density at radius 2 is 1.65 bits per heavy atom. The summed E-state index contributed by atoms with van der Waals surface area (Å²) in [4.78, 5) is 33.0. The van der Waals surface area contributed by atoms with Gasteiger partial charge in [0.1, 0.15) is 11.0 Å². The maximum Gasteiger partial charge on any atom is 0.252 e. The van der Waals surface area contributed by atoms with Gasteiger partial charge in [0.2, 0.25) is 15.9 Å². The molecule has 3 aromatic carbocycles. The van der Waals surface area contributed by atoms with Gasteiger partial charge >= 0.3 is 0 Å². The van der Waals surface area contributed by atoms with Crippen molar-refractivity contribution in [1.29, 1.82) is 0 Å². The molecule has 2 aliphatic rings. The average molecular weight is 594 g/mol. The van der Waals surface area contributed by atoms with Gasteiger partial charge in [0.25, 0.3) is 5.91 Å². The number of fused-ring (bicyclic) bond motifs is 1. The molecular formula is C30H28ClN3O4S2. The molecule has 1 aromatic heterocycles. The smallest absolute Gasteiger partial charge is 0.252 e. The fraction of sp³-hybridized carbons (Fsp3) is 0.300. The molecule has 0 radical (unpaired) electrons. The molecular weight excluding hydrogens is 566 g/mol. The van der Waals surface area contributed by atoms with Crippen molar-refractivity contribution in [2.24, 2.45) is 0 Å². The summed E-state index contributed by atoms with van der Waals surface area (Å²) in [5, 5.41) is 1.27. The largest absolute Gasteiger partial charge is 0.274 e. The van der Waals surface area contributed by atoms with E-state index in [1.54, 1.807) is 23.5 Å². The number of aromatic nitrogens is 1. The first-order valence-corrected chi connectivity index (χ1v) is 16.0. The second-order valence-electron chi connectivity index (χ2n) is 10.4. The van der Waals surface area contributed by atoms with Crippen molar-refractivity contribution >= 4 is 60.7 Å². The van der Waals surface area contributed by atoms with Crippen molar-refractivity contribution in [3.8, 4) is 10.6 Å². The van der Waals surface area contributed by atoms with E-state index in [1.807, 2.05) is 31.2 Å². The Balaban J connectivity index is 1.31. The maximum absolute atomic E-state index is 13.9. The summed E-state index contributed by atoms with van der Waals surface area (Å²) in [7, 11) is -4.05. The van der Waals surface area contributed by atoms with Crippen LogP contribution in [-0.4, -0.2) is 41.6 Å². The fourth-order valence-electron chi connectivity index (χ4n) is 5.68. The van der Waals surface area contributed by atoms with Gasteiger partial charge in [-0.05, 0) is 86.0 Å². The third kappa shape index (κ3) is 4.96. The topological polar surface area (TPSA) is 87.7 Å². The summed E-state index contributed by atoms with van der Waals surface area (Å²) < 4.78 is 30.2. The number of halogens is 1. The number of benzene rings is 3. The van der Waals surface area contributed by atoms with E-state index < -0.39 is 27.9 Å². The molecule has 1 saturated carbocycles. The molecule has 1 saturated heterocycles. The van der Waals surface area contributed by atoms with E-state index in [4.69, 9.17) is 16.6 Å². The number of rotatable bonds is 6. The van der Waals surface area contributed by atoms with Crippen LogP contribution in [-0.2, 0) is 19.6 Å². The molecule has 4 aromatic rings. The monoisotopic (exact) mass is 593 g/mol. The van der Waals surface area contributed by atoms with E-state index >= 15 is 0 Å². The first kappa shape index (κ1) is 27.1. The van der Waals surface area contributed by atoms with Gasteiger partial charge in [0.05, 0.1) is 27.2 Å². The van der Waals surface area contributed by atoms with Crippen LogP contribution in [0.4, 0.5) is 5.69 Å². The molecule has 7 nitrogen and oxygen atoms in total. The highest BCUT2D eigenvalue weighted by atomic mass is 35.5. The molecule has 1 aliphatic heterocycles. The van der Waals surface area contributed by atoms with E-state index in [2.05, 4.69) is 6.07 Å². The minimum Gasteiger partial charge on any atom is -0.274 e. The number of hydrogen-bond donors (Lipinski definition) is 0. The van der Waals surface area contributed by atoms with Crippen LogP contribution in [0.1, 0.15) is 44.1 Å². The Morgan fingerprint density at radius 3 is 2.35 bits per heavy atom. The lowest BCUT2D eigenvalue weighted by Crippen LogP contribution is -2.51. The Kier molecular flexibility index (Phi) is 7.25. The zero-order valence-corrected chi connectivity index (χ0v) is 24.3. The molecule has 2 fully saturated rings. The minimum absolute atomic E-state index is 0.0663.